The van der Waals surface area contributed by atoms with E-state index >= 15 is 0 Å². The summed E-state index contributed by atoms with van der Waals surface area (Å²) in [6.45, 7) is 1.46. The van der Waals surface area contributed by atoms with Crippen LogP contribution in [-0.4, -0.2) is 23.6 Å². The van der Waals surface area contributed by atoms with Crippen LogP contribution in [0.5, 0.6) is 0 Å². The van der Waals surface area contributed by atoms with Crippen LogP contribution in [0.1, 0.15) is 59.4 Å². The molecule has 0 radical (unpaired) electrons. The van der Waals surface area contributed by atoms with Crippen LogP contribution in [-0.2, 0) is 16.0 Å². The largest absolute Gasteiger partial charge is 0.351 e. The molecule has 0 bridgehead atoms. The molecule has 1 N–H and O–H groups in total. The van der Waals surface area contributed by atoms with Crippen molar-refractivity contribution in [1.82, 2.24) is 5.32 Å². The fourth-order valence-electron chi connectivity index (χ4n) is 4.37. The fraction of sp³-hybridized carbons (Fsp3) is 0.296. The first kappa shape index (κ1) is 23.8. The third kappa shape index (κ3) is 5.59. The Hall–Kier alpha value is -3.32. The summed E-state index contributed by atoms with van der Waals surface area (Å²) in [4.78, 5) is 41.8. The second-order valence-corrected chi connectivity index (χ2v) is 9.60. The van der Waals surface area contributed by atoms with Crippen LogP contribution < -0.4 is 10.2 Å². The maximum Gasteiger partial charge on any atom is 0.248 e. The van der Waals surface area contributed by atoms with E-state index < -0.39 is 11.9 Å². The molecule has 1 aromatic heterocycles. The van der Waals surface area contributed by atoms with Crippen molar-refractivity contribution in [1.29, 1.82) is 0 Å². The molecule has 0 spiro atoms. The summed E-state index contributed by atoms with van der Waals surface area (Å²) in [5.74, 6) is -1.15. The third-order valence-corrected chi connectivity index (χ3v) is 6.98. The molecule has 2 amide bonds. The molecule has 0 unspecified atom stereocenters. The first-order valence-corrected chi connectivity index (χ1v) is 12.3. The Kier molecular flexibility index (Phi) is 7.53. The highest BCUT2D eigenvalue weighted by Crippen LogP contribution is 2.31. The number of ketones is 1. The smallest absolute Gasteiger partial charge is 0.248 e. The number of rotatable bonds is 8. The molecule has 3 aromatic rings. The second-order valence-electron chi connectivity index (χ2n) is 8.57. The molecule has 5 nitrogen and oxygen atoms in total. The van der Waals surface area contributed by atoms with E-state index in [9.17, 15) is 18.8 Å². The molecule has 7 heteroatoms. The Morgan fingerprint density at radius 3 is 2.44 bits per heavy atom. The summed E-state index contributed by atoms with van der Waals surface area (Å²) >= 11 is 1.46. The predicted molar refractivity (Wildman–Crippen MR) is 131 cm³/mol. The molecule has 1 atom stereocenters. The first-order chi connectivity index (χ1) is 16.4. The van der Waals surface area contributed by atoms with Crippen molar-refractivity contribution >= 4 is 34.6 Å². The molecule has 176 valence electrons. The van der Waals surface area contributed by atoms with Gasteiger partial charge in [-0.15, -0.1) is 11.3 Å². The molecular weight excluding hydrogens is 451 g/mol. The van der Waals surface area contributed by atoms with Crippen LogP contribution in [0.15, 0.2) is 66.0 Å². The molecule has 1 saturated carbocycles. The molecular formula is C27H27FN2O3S. The number of carbonyl (C=O) groups excluding carboxylic acids is 3. The summed E-state index contributed by atoms with van der Waals surface area (Å²) in [5, 5.41) is 5.00. The molecule has 1 heterocycles. The van der Waals surface area contributed by atoms with Crippen molar-refractivity contribution in [2.45, 2.75) is 51.1 Å². The van der Waals surface area contributed by atoms with Crippen molar-refractivity contribution in [3.8, 4) is 0 Å². The number of Topliss-reactive ketones (excluding diaryl/α,β-unsaturated/α-hetero) is 1. The molecule has 2 aromatic carbocycles. The van der Waals surface area contributed by atoms with Gasteiger partial charge in [-0.1, -0.05) is 43.2 Å². The number of hydrogen-bond acceptors (Lipinski definition) is 4. The normalized spacial score (nSPS) is 14.5. The zero-order valence-corrected chi connectivity index (χ0v) is 19.8. The van der Waals surface area contributed by atoms with Crippen LogP contribution in [0, 0.1) is 5.82 Å². The predicted octanol–water partition coefficient (Wildman–Crippen LogP) is 5.47. The van der Waals surface area contributed by atoms with Crippen LogP contribution >= 0.6 is 11.3 Å². The van der Waals surface area contributed by atoms with Crippen molar-refractivity contribution < 1.29 is 18.8 Å². The Morgan fingerprint density at radius 2 is 1.79 bits per heavy atom. The van der Waals surface area contributed by atoms with Crippen molar-refractivity contribution in [3.05, 3.63) is 87.9 Å². The quantitative estimate of drug-likeness (QED) is 0.437. The fourth-order valence-corrected chi connectivity index (χ4v) is 5.07. The number of benzene rings is 2. The van der Waals surface area contributed by atoms with E-state index in [1.54, 1.807) is 24.3 Å². The Bertz CT molecular complexity index is 1150. The lowest BCUT2D eigenvalue weighted by Crippen LogP contribution is -2.46. The number of anilines is 1. The number of nitrogens with zero attached hydrogens (tertiary/aromatic N) is 1. The van der Waals surface area contributed by atoms with Crippen LogP contribution in [0.4, 0.5) is 10.1 Å². The van der Waals surface area contributed by atoms with Gasteiger partial charge in [0.15, 0.2) is 5.78 Å². The molecule has 1 fully saturated rings. The topological polar surface area (TPSA) is 66.5 Å². The lowest BCUT2D eigenvalue weighted by atomic mass is 10.0. The van der Waals surface area contributed by atoms with Gasteiger partial charge in [-0.25, -0.2) is 4.39 Å². The summed E-state index contributed by atoms with van der Waals surface area (Å²) < 4.78 is 13.7. The zero-order valence-electron chi connectivity index (χ0n) is 19.0. The minimum Gasteiger partial charge on any atom is -0.351 e. The monoisotopic (exact) mass is 478 g/mol. The number of amides is 2. The summed E-state index contributed by atoms with van der Waals surface area (Å²) in [6, 6.07) is 15.2. The van der Waals surface area contributed by atoms with Gasteiger partial charge >= 0.3 is 0 Å². The first-order valence-electron chi connectivity index (χ1n) is 11.4. The van der Waals surface area contributed by atoms with E-state index in [0.29, 0.717) is 16.8 Å². The highest BCUT2D eigenvalue weighted by atomic mass is 32.1. The van der Waals surface area contributed by atoms with Gasteiger partial charge in [-0.05, 0) is 61.0 Å². The maximum absolute atomic E-state index is 13.7. The lowest BCUT2D eigenvalue weighted by molar-refractivity contribution is -0.127. The lowest BCUT2D eigenvalue weighted by Gasteiger charge is -2.32. The van der Waals surface area contributed by atoms with E-state index in [0.717, 1.165) is 30.6 Å². The van der Waals surface area contributed by atoms with E-state index in [2.05, 4.69) is 5.32 Å². The van der Waals surface area contributed by atoms with Crippen molar-refractivity contribution in [2.75, 3.05) is 4.90 Å². The number of carbonyl (C=O) groups is 3. The van der Waals surface area contributed by atoms with Crippen molar-refractivity contribution in [3.63, 3.8) is 0 Å². The van der Waals surface area contributed by atoms with Crippen molar-refractivity contribution in [2.24, 2.45) is 0 Å². The SMILES string of the molecule is CC(=O)c1cccc(N(C(=O)Cc2cccs2)[C@@H](C(=O)NC2CCCC2)c2ccc(F)cc2)c1. The van der Waals surface area contributed by atoms with Gasteiger partial charge in [-0.3, -0.25) is 19.3 Å². The van der Waals surface area contributed by atoms with Gasteiger partial charge < -0.3 is 5.32 Å². The second kappa shape index (κ2) is 10.7. The number of thiophene rings is 1. The molecule has 34 heavy (non-hydrogen) atoms. The Labute approximate surface area is 202 Å². The van der Waals surface area contributed by atoms with Gasteiger partial charge in [0.1, 0.15) is 11.9 Å². The van der Waals surface area contributed by atoms with E-state index in [1.165, 1.54) is 47.4 Å². The standard InChI is InChI=1S/C27H27FN2O3S/c1-18(31)20-6-4-9-23(16-20)30(25(32)17-24-10-5-15-34-24)26(19-11-13-21(28)14-12-19)27(33)29-22-7-2-3-8-22/h4-6,9-16,22,26H,2-3,7-8,17H2,1H3,(H,29,33)/t26-/m1/s1. The number of nitrogens with one attached hydrogen (secondary N) is 1. The van der Waals surface area contributed by atoms with E-state index in [1.807, 2.05) is 17.5 Å². The summed E-state index contributed by atoms with van der Waals surface area (Å²) in [6.07, 6.45) is 3.99. The summed E-state index contributed by atoms with van der Waals surface area (Å²) in [7, 11) is 0. The van der Waals surface area contributed by atoms with Gasteiger partial charge in [-0.2, -0.15) is 0 Å². The van der Waals surface area contributed by atoms with Gasteiger partial charge in [0, 0.05) is 22.2 Å². The van der Waals surface area contributed by atoms with Crippen LogP contribution in [0.25, 0.3) is 0 Å². The molecule has 0 aliphatic heterocycles. The highest BCUT2D eigenvalue weighted by Gasteiger charge is 2.34. The average Bonchev–Trinajstić information content (AvgIpc) is 3.52. The summed E-state index contributed by atoms with van der Waals surface area (Å²) in [5.41, 5.74) is 1.40. The molecule has 1 aliphatic rings. The zero-order chi connectivity index (χ0) is 24.1. The molecule has 0 saturated heterocycles. The third-order valence-electron chi connectivity index (χ3n) is 6.10. The number of hydrogen-bond donors (Lipinski definition) is 1. The van der Waals surface area contributed by atoms with Gasteiger partial charge in [0.25, 0.3) is 0 Å². The average molecular weight is 479 g/mol. The van der Waals surface area contributed by atoms with E-state index in [-0.39, 0.29) is 30.1 Å². The minimum absolute atomic E-state index is 0.0493. The molecule has 4 rings (SSSR count). The maximum atomic E-state index is 13.7. The van der Waals surface area contributed by atoms with Gasteiger partial charge in [0.05, 0.1) is 6.42 Å². The minimum atomic E-state index is -1.00. The molecule has 1 aliphatic carbocycles. The van der Waals surface area contributed by atoms with Crippen LogP contribution in [0.3, 0.4) is 0 Å². The highest BCUT2D eigenvalue weighted by molar-refractivity contribution is 7.10. The Balaban J connectivity index is 1.79. The van der Waals surface area contributed by atoms with Gasteiger partial charge in [0.2, 0.25) is 11.8 Å². The number of halogens is 1. The Morgan fingerprint density at radius 1 is 1.06 bits per heavy atom. The van der Waals surface area contributed by atoms with Crippen LogP contribution in [0.2, 0.25) is 0 Å². The van der Waals surface area contributed by atoms with E-state index in [4.69, 9.17) is 0 Å².